The summed E-state index contributed by atoms with van der Waals surface area (Å²) in [5.74, 6) is 4.59. The first kappa shape index (κ1) is 16.9. The molecule has 92 valence electrons. The van der Waals surface area contributed by atoms with E-state index in [4.69, 9.17) is 11.6 Å². The SMILES string of the molecule is CC.CC.Cc1ccc(C(=O)NN)c(N)c1. The molecular weight excluding hydrogens is 202 g/mol. The van der Waals surface area contributed by atoms with Crippen LogP contribution in [0.5, 0.6) is 0 Å². The molecule has 16 heavy (non-hydrogen) atoms. The zero-order chi connectivity index (χ0) is 13.1. The standard InChI is InChI=1S/C8H11N3O.2C2H6/c1-5-2-3-6(7(9)4-5)8(12)11-10;2*1-2/h2-4H,9-10H2,1H3,(H,11,12);2*1-2H3. The average molecular weight is 225 g/mol. The molecule has 0 aliphatic carbocycles. The molecule has 0 saturated carbocycles. The number of nitrogens with two attached hydrogens (primary N) is 2. The number of hydrogen-bond donors (Lipinski definition) is 3. The summed E-state index contributed by atoms with van der Waals surface area (Å²) < 4.78 is 0. The summed E-state index contributed by atoms with van der Waals surface area (Å²) in [7, 11) is 0. The van der Waals surface area contributed by atoms with Crippen molar-refractivity contribution in [2.45, 2.75) is 34.6 Å². The van der Waals surface area contributed by atoms with E-state index >= 15 is 0 Å². The van der Waals surface area contributed by atoms with E-state index < -0.39 is 0 Å². The third-order valence-corrected chi connectivity index (χ3v) is 1.58. The van der Waals surface area contributed by atoms with Gasteiger partial charge >= 0.3 is 0 Å². The molecule has 0 bridgehead atoms. The number of hydrazine groups is 1. The molecule has 0 aliphatic heterocycles. The van der Waals surface area contributed by atoms with Crippen LogP contribution in [0.2, 0.25) is 0 Å². The largest absolute Gasteiger partial charge is 0.398 e. The lowest BCUT2D eigenvalue weighted by atomic mass is 10.1. The summed E-state index contributed by atoms with van der Waals surface area (Å²) in [4.78, 5) is 11.0. The van der Waals surface area contributed by atoms with Crippen LogP contribution in [0, 0.1) is 6.92 Å². The van der Waals surface area contributed by atoms with E-state index in [-0.39, 0.29) is 5.91 Å². The van der Waals surface area contributed by atoms with Crippen molar-refractivity contribution in [3.63, 3.8) is 0 Å². The fourth-order valence-electron chi connectivity index (χ4n) is 0.967. The molecule has 0 saturated heterocycles. The third-order valence-electron chi connectivity index (χ3n) is 1.58. The van der Waals surface area contributed by atoms with Crippen LogP contribution in [0.1, 0.15) is 43.6 Å². The van der Waals surface area contributed by atoms with Gasteiger partial charge in [0.25, 0.3) is 5.91 Å². The Hall–Kier alpha value is -1.55. The number of nitrogens with one attached hydrogen (secondary N) is 1. The lowest BCUT2D eigenvalue weighted by Gasteiger charge is -2.03. The molecule has 0 radical (unpaired) electrons. The summed E-state index contributed by atoms with van der Waals surface area (Å²) in [6, 6.07) is 5.18. The number of rotatable bonds is 1. The van der Waals surface area contributed by atoms with E-state index in [0.29, 0.717) is 11.3 Å². The van der Waals surface area contributed by atoms with Crippen LogP contribution in [0.15, 0.2) is 18.2 Å². The Labute approximate surface area is 98.0 Å². The van der Waals surface area contributed by atoms with E-state index in [2.05, 4.69) is 0 Å². The van der Waals surface area contributed by atoms with Crippen LogP contribution >= 0.6 is 0 Å². The van der Waals surface area contributed by atoms with Gasteiger partial charge in [0.05, 0.1) is 5.56 Å². The summed E-state index contributed by atoms with van der Waals surface area (Å²) in [5, 5.41) is 0. The van der Waals surface area contributed by atoms with E-state index in [1.165, 1.54) is 0 Å². The molecule has 0 atom stereocenters. The molecule has 5 N–H and O–H groups in total. The number of nitrogen functional groups attached to an aromatic ring is 2. The third kappa shape index (κ3) is 5.36. The van der Waals surface area contributed by atoms with Crippen molar-refractivity contribution in [2.24, 2.45) is 5.84 Å². The highest BCUT2D eigenvalue weighted by Crippen LogP contribution is 2.12. The van der Waals surface area contributed by atoms with Crippen LogP contribution < -0.4 is 17.0 Å². The highest BCUT2D eigenvalue weighted by molar-refractivity contribution is 5.98. The van der Waals surface area contributed by atoms with Gasteiger partial charge in [0.2, 0.25) is 0 Å². The number of carbonyl (C=O) groups excluding carboxylic acids is 1. The second-order valence-electron chi connectivity index (χ2n) is 2.56. The van der Waals surface area contributed by atoms with E-state index in [1.807, 2.05) is 40.0 Å². The van der Waals surface area contributed by atoms with Crippen molar-refractivity contribution >= 4 is 11.6 Å². The normalized spacial score (nSPS) is 7.88. The fourth-order valence-corrected chi connectivity index (χ4v) is 0.967. The molecule has 0 heterocycles. The Morgan fingerprint density at radius 3 is 2.06 bits per heavy atom. The maximum atomic E-state index is 11.0. The van der Waals surface area contributed by atoms with Crippen LogP contribution in [-0.2, 0) is 0 Å². The summed E-state index contributed by atoms with van der Waals surface area (Å²) >= 11 is 0. The predicted molar refractivity (Wildman–Crippen MR) is 69.9 cm³/mol. The fraction of sp³-hybridized carbons (Fsp3) is 0.417. The second-order valence-corrected chi connectivity index (χ2v) is 2.56. The summed E-state index contributed by atoms with van der Waals surface area (Å²) in [5.41, 5.74) is 9.47. The van der Waals surface area contributed by atoms with Gasteiger partial charge in [-0.2, -0.15) is 0 Å². The number of carbonyl (C=O) groups is 1. The Morgan fingerprint density at radius 2 is 1.69 bits per heavy atom. The van der Waals surface area contributed by atoms with Gasteiger partial charge in [-0.1, -0.05) is 33.8 Å². The van der Waals surface area contributed by atoms with Gasteiger partial charge in [-0.25, -0.2) is 5.84 Å². The lowest BCUT2D eigenvalue weighted by molar-refractivity contribution is 0.0954. The number of aryl methyl sites for hydroxylation is 1. The number of benzene rings is 1. The zero-order valence-electron chi connectivity index (χ0n) is 10.8. The highest BCUT2D eigenvalue weighted by atomic mass is 16.2. The maximum Gasteiger partial charge on any atom is 0.267 e. The smallest absolute Gasteiger partial charge is 0.267 e. The summed E-state index contributed by atoms with van der Waals surface area (Å²) in [6.45, 7) is 9.90. The van der Waals surface area contributed by atoms with Crippen molar-refractivity contribution in [1.82, 2.24) is 5.43 Å². The first-order valence-corrected chi connectivity index (χ1v) is 5.52. The van der Waals surface area contributed by atoms with E-state index in [0.717, 1.165) is 5.56 Å². The highest BCUT2D eigenvalue weighted by Gasteiger charge is 2.06. The Morgan fingerprint density at radius 1 is 1.19 bits per heavy atom. The van der Waals surface area contributed by atoms with Crippen LogP contribution in [-0.4, -0.2) is 5.91 Å². The molecule has 0 aromatic heterocycles. The van der Waals surface area contributed by atoms with Crippen LogP contribution in [0.3, 0.4) is 0 Å². The minimum atomic E-state index is -0.368. The van der Waals surface area contributed by atoms with Gasteiger partial charge in [-0.05, 0) is 24.6 Å². The Bertz CT molecular complexity index is 311. The molecule has 1 rings (SSSR count). The molecule has 4 nitrogen and oxygen atoms in total. The monoisotopic (exact) mass is 225 g/mol. The van der Waals surface area contributed by atoms with Crippen LogP contribution in [0.4, 0.5) is 5.69 Å². The molecule has 1 aromatic rings. The van der Waals surface area contributed by atoms with Gasteiger partial charge in [0.1, 0.15) is 0 Å². The first-order chi connectivity index (χ1) is 7.65. The molecule has 1 aromatic carbocycles. The van der Waals surface area contributed by atoms with E-state index in [9.17, 15) is 4.79 Å². The summed E-state index contributed by atoms with van der Waals surface area (Å²) in [6.07, 6.45) is 0. The first-order valence-electron chi connectivity index (χ1n) is 5.52. The quantitative estimate of drug-likeness (QED) is 0.297. The van der Waals surface area contributed by atoms with Gasteiger partial charge in [-0.3, -0.25) is 10.2 Å². The molecule has 0 unspecified atom stereocenters. The maximum absolute atomic E-state index is 11.0. The van der Waals surface area contributed by atoms with E-state index in [1.54, 1.807) is 18.2 Å². The minimum Gasteiger partial charge on any atom is -0.398 e. The second kappa shape index (κ2) is 9.98. The Kier molecular flexibility index (Phi) is 10.5. The van der Waals surface area contributed by atoms with Crippen molar-refractivity contribution in [1.29, 1.82) is 0 Å². The van der Waals surface area contributed by atoms with Crippen LogP contribution in [0.25, 0.3) is 0 Å². The van der Waals surface area contributed by atoms with Gasteiger partial charge in [0.15, 0.2) is 0 Å². The number of amides is 1. The minimum absolute atomic E-state index is 0.368. The van der Waals surface area contributed by atoms with Crippen molar-refractivity contribution in [3.8, 4) is 0 Å². The molecule has 0 aliphatic rings. The Balaban J connectivity index is 0. The van der Waals surface area contributed by atoms with Crippen molar-refractivity contribution in [3.05, 3.63) is 29.3 Å². The van der Waals surface area contributed by atoms with Gasteiger partial charge < -0.3 is 5.73 Å². The topological polar surface area (TPSA) is 81.1 Å². The molecule has 0 spiro atoms. The molecule has 1 amide bonds. The zero-order valence-corrected chi connectivity index (χ0v) is 10.8. The number of anilines is 1. The molecule has 4 heteroatoms. The molecule has 0 fully saturated rings. The van der Waals surface area contributed by atoms with Gasteiger partial charge in [-0.15, -0.1) is 0 Å². The average Bonchev–Trinajstić information content (AvgIpc) is 2.33. The molecular formula is C12H23N3O. The van der Waals surface area contributed by atoms with Gasteiger partial charge in [0, 0.05) is 5.69 Å². The van der Waals surface area contributed by atoms with Crippen molar-refractivity contribution in [2.75, 3.05) is 5.73 Å². The lowest BCUT2D eigenvalue weighted by Crippen LogP contribution is -2.30. The predicted octanol–water partition coefficient (Wildman–Crippen LogP) is 2.23. The van der Waals surface area contributed by atoms with Crippen molar-refractivity contribution < 1.29 is 4.79 Å². The number of hydrogen-bond acceptors (Lipinski definition) is 3.